The summed E-state index contributed by atoms with van der Waals surface area (Å²) >= 11 is 0. The first kappa shape index (κ1) is 27.2. The highest BCUT2D eigenvalue weighted by Gasteiger charge is 2.25. The molecule has 0 saturated carbocycles. The molecule has 0 fully saturated rings. The van der Waals surface area contributed by atoms with E-state index in [0.29, 0.717) is 52.2 Å². The van der Waals surface area contributed by atoms with Crippen LogP contribution in [0, 0.1) is 0 Å². The largest absolute Gasteiger partial charge is 0.496 e. The van der Waals surface area contributed by atoms with Gasteiger partial charge in [-0.15, -0.1) is 0 Å². The number of amides is 2. The molecule has 3 aromatic rings. The van der Waals surface area contributed by atoms with Crippen LogP contribution in [0.2, 0.25) is 0 Å². The van der Waals surface area contributed by atoms with E-state index in [4.69, 9.17) is 28.1 Å². The summed E-state index contributed by atoms with van der Waals surface area (Å²) in [6, 6.07) is 8.31. The molecular weight excluding hydrogens is 482 g/mol. The second kappa shape index (κ2) is 12.0. The van der Waals surface area contributed by atoms with Crippen LogP contribution in [0.4, 0.5) is 5.69 Å². The highest BCUT2D eigenvalue weighted by Crippen LogP contribution is 2.41. The van der Waals surface area contributed by atoms with Crippen molar-refractivity contribution >= 4 is 17.5 Å². The molecule has 1 aromatic heterocycles. The van der Waals surface area contributed by atoms with Gasteiger partial charge in [0.15, 0.2) is 23.7 Å². The molecule has 0 atom stereocenters. The van der Waals surface area contributed by atoms with Gasteiger partial charge in [-0.1, -0.05) is 0 Å². The fourth-order valence-corrected chi connectivity index (χ4v) is 3.50. The van der Waals surface area contributed by atoms with Crippen molar-refractivity contribution in [1.29, 1.82) is 0 Å². The molecule has 1 heterocycles. The maximum absolute atomic E-state index is 12.6. The van der Waals surface area contributed by atoms with Crippen LogP contribution in [-0.4, -0.2) is 57.4 Å². The number of carbonyl (C=O) groups excluding carboxylic acids is 2. The number of nitrogens with one attached hydrogen (secondary N) is 2. The molecule has 3 rings (SSSR count). The molecule has 2 N–H and O–H groups in total. The lowest BCUT2D eigenvalue weighted by molar-refractivity contribution is -0.137. The van der Waals surface area contributed by atoms with Gasteiger partial charge in [-0.2, -0.15) is 0 Å². The molecule has 0 aliphatic rings. The average Bonchev–Trinajstić information content (AvgIpc) is 3.42. The van der Waals surface area contributed by atoms with Crippen LogP contribution in [-0.2, 0) is 9.59 Å². The van der Waals surface area contributed by atoms with E-state index in [1.807, 2.05) is 0 Å². The number of anilines is 1. The van der Waals surface area contributed by atoms with Gasteiger partial charge in [-0.25, -0.2) is 4.98 Å². The number of hydrogen-bond acceptors (Lipinski definition) is 9. The SMILES string of the molecule is COc1cc(NC(=O)C(=O)NC(C)(C)CCOc2cc(OC)c(OC)c(OC)c2)ccc1-c1cnco1. The third kappa shape index (κ3) is 6.84. The van der Waals surface area contributed by atoms with Crippen LogP contribution in [0.5, 0.6) is 28.7 Å². The maximum Gasteiger partial charge on any atom is 0.313 e. The number of hydrogen-bond donors (Lipinski definition) is 2. The quantitative estimate of drug-likeness (QED) is 0.369. The Morgan fingerprint density at radius 2 is 1.59 bits per heavy atom. The Morgan fingerprint density at radius 3 is 2.16 bits per heavy atom. The van der Waals surface area contributed by atoms with E-state index in [1.54, 1.807) is 50.4 Å². The standard InChI is InChI=1S/C26H31N3O8/c1-26(2,9-10-36-17-12-20(33-4)23(35-6)21(13-17)34-5)29-25(31)24(30)28-16-7-8-18(19(11-16)32-3)22-14-27-15-37-22/h7-8,11-15H,9-10H2,1-6H3,(H,28,30)(H,29,31). The van der Waals surface area contributed by atoms with Crippen molar-refractivity contribution < 1.29 is 37.7 Å². The zero-order chi connectivity index (χ0) is 27.0. The molecule has 0 spiro atoms. The van der Waals surface area contributed by atoms with Crippen molar-refractivity contribution in [3.05, 3.63) is 42.9 Å². The number of carbonyl (C=O) groups is 2. The zero-order valence-corrected chi connectivity index (χ0v) is 21.7. The molecule has 0 saturated heterocycles. The van der Waals surface area contributed by atoms with Crippen molar-refractivity contribution in [2.75, 3.05) is 40.4 Å². The number of methoxy groups -OCH3 is 4. The van der Waals surface area contributed by atoms with E-state index in [1.165, 1.54) is 34.8 Å². The maximum atomic E-state index is 12.6. The molecule has 0 aliphatic heterocycles. The van der Waals surface area contributed by atoms with Gasteiger partial charge in [0.2, 0.25) is 5.75 Å². The molecule has 0 aliphatic carbocycles. The fourth-order valence-electron chi connectivity index (χ4n) is 3.50. The smallest absolute Gasteiger partial charge is 0.313 e. The van der Waals surface area contributed by atoms with Crippen molar-refractivity contribution in [1.82, 2.24) is 10.3 Å². The number of nitrogens with zero attached hydrogens (tertiary/aromatic N) is 1. The van der Waals surface area contributed by atoms with Crippen molar-refractivity contribution in [2.24, 2.45) is 0 Å². The molecule has 0 bridgehead atoms. The molecule has 2 amide bonds. The first-order chi connectivity index (χ1) is 17.7. The summed E-state index contributed by atoms with van der Waals surface area (Å²) < 4.78 is 32.5. The van der Waals surface area contributed by atoms with Crippen LogP contribution in [0.15, 0.2) is 47.3 Å². The molecule has 37 heavy (non-hydrogen) atoms. The fraction of sp³-hybridized carbons (Fsp3) is 0.346. The van der Waals surface area contributed by atoms with Crippen LogP contribution in [0.3, 0.4) is 0 Å². The van der Waals surface area contributed by atoms with Gasteiger partial charge in [0.05, 0.1) is 46.8 Å². The molecular formula is C26H31N3O8. The monoisotopic (exact) mass is 513 g/mol. The first-order valence-electron chi connectivity index (χ1n) is 11.3. The van der Waals surface area contributed by atoms with Gasteiger partial charge in [0.25, 0.3) is 0 Å². The third-order valence-electron chi connectivity index (χ3n) is 5.45. The Hall–Kier alpha value is -4.41. The van der Waals surface area contributed by atoms with E-state index in [9.17, 15) is 9.59 Å². The van der Waals surface area contributed by atoms with Gasteiger partial charge in [-0.3, -0.25) is 9.59 Å². The minimum absolute atomic E-state index is 0.258. The number of oxazole rings is 1. The lowest BCUT2D eigenvalue weighted by Gasteiger charge is -2.26. The number of benzene rings is 2. The number of ether oxygens (including phenoxy) is 5. The zero-order valence-electron chi connectivity index (χ0n) is 21.7. The molecule has 2 aromatic carbocycles. The van der Waals surface area contributed by atoms with Crippen molar-refractivity contribution in [2.45, 2.75) is 25.8 Å². The Balaban J connectivity index is 1.57. The summed E-state index contributed by atoms with van der Waals surface area (Å²) in [7, 11) is 6.06. The van der Waals surface area contributed by atoms with Gasteiger partial charge in [0, 0.05) is 35.8 Å². The van der Waals surface area contributed by atoms with E-state index in [2.05, 4.69) is 15.6 Å². The number of aromatic nitrogens is 1. The van der Waals surface area contributed by atoms with E-state index in [0.717, 1.165) is 0 Å². The Bertz CT molecular complexity index is 1200. The molecule has 0 radical (unpaired) electrons. The Kier molecular flexibility index (Phi) is 8.83. The summed E-state index contributed by atoms with van der Waals surface area (Å²) in [6.07, 6.45) is 3.28. The Labute approximate surface area is 215 Å². The second-order valence-electron chi connectivity index (χ2n) is 8.53. The lowest BCUT2D eigenvalue weighted by Crippen LogP contribution is -2.48. The van der Waals surface area contributed by atoms with E-state index < -0.39 is 17.4 Å². The summed E-state index contributed by atoms with van der Waals surface area (Å²) in [4.78, 5) is 29.0. The van der Waals surface area contributed by atoms with Gasteiger partial charge >= 0.3 is 11.8 Å². The molecule has 0 unspecified atom stereocenters. The average molecular weight is 514 g/mol. The molecule has 198 valence electrons. The third-order valence-corrected chi connectivity index (χ3v) is 5.45. The van der Waals surface area contributed by atoms with E-state index >= 15 is 0 Å². The van der Waals surface area contributed by atoms with Crippen LogP contribution in [0.25, 0.3) is 11.3 Å². The summed E-state index contributed by atoms with van der Waals surface area (Å²) in [5.41, 5.74) is 0.322. The summed E-state index contributed by atoms with van der Waals surface area (Å²) in [5, 5.41) is 5.31. The minimum atomic E-state index is -0.812. The predicted molar refractivity (Wildman–Crippen MR) is 136 cm³/mol. The van der Waals surface area contributed by atoms with Gasteiger partial charge in [-0.05, 0) is 26.0 Å². The topological polar surface area (TPSA) is 130 Å². The summed E-state index contributed by atoms with van der Waals surface area (Å²) in [6.45, 7) is 3.85. The van der Waals surface area contributed by atoms with Crippen molar-refractivity contribution in [3.63, 3.8) is 0 Å². The normalized spacial score (nSPS) is 10.9. The molecule has 11 nitrogen and oxygen atoms in total. The van der Waals surface area contributed by atoms with Gasteiger partial charge < -0.3 is 38.7 Å². The Morgan fingerprint density at radius 1 is 0.919 bits per heavy atom. The van der Waals surface area contributed by atoms with E-state index in [-0.39, 0.29) is 6.61 Å². The van der Waals surface area contributed by atoms with Crippen LogP contribution < -0.4 is 34.3 Å². The summed E-state index contributed by atoms with van der Waals surface area (Å²) in [5.74, 6) is 1.28. The first-order valence-corrected chi connectivity index (χ1v) is 11.3. The highest BCUT2D eigenvalue weighted by molar-refractivity contribution is 6.39. The number of rotatable bonds is 11. The molecule has 11 heteroatoms. The van der Waals surface area contributed by atoms with Crippen molar-refractivity contribution in [3.8, 4) is 40.1 Å². The van der Waals surface area contributed by atoms with Gasteiger partial charge in [0.1, 0.15) is 11.5 Å². The minimum Gasteiger partial charge on any atom is -0.496 e. The highest BCUT2D eigenvalue weighted by atomic mass is 16.5. The second-order valence-corrected chi connectivity index (χ2v) is 8.53. The van der Waals surface area contributed by atoms with Crippen LogP contribution in [0.1, 0.15) is 20.3 Å². The predicted octanol–water partition coefficient (Wildman–Crippen LogP) is 3.68. The lowest BCUT2D eigenvalue weighted by atomic mass is 10.0. The van der Waals surface area contributed by atoms with Crippen LogP contribution >= 0.6 is 0 Å².